The molecule has 0 aliphatic carbocycles. The molecule has 0 saturated carbocycles. The van der Waals surface area contributed by atoms with Crippen molar-refractivity contribution < 1.29 is 13.9 Å². The van der Waals surface area contributed by atoms with Crippen molar-refractivity contribution in [3.8, 4) is 0 Å². The van der Waals surface area contributed by atoms with E-state index >= 15 is 0 Å². The van der Waals surface area contributed by atoms with Crippen molar-refractivity contribution in [2.75, 3.05) is 0 Å². The van der Waals surface area contributed by atoms with Crippen LogP contribution < -0.4 is 0 Å². The second kappa shape index (κ2) is 4.97. The largest absolute Gasteiger partial charge is 0.458 e. The summed E-state index contributed by atoms with van der Waals surface area (Å²) >= 11 is 0. The molecule has 1 unspecified atom stereocenters. The summed E-state index contributed by atoms with van der Waals surface area (Å²) in [6, 6.07) is 4.43. The van der Waals surface area contributed by atoms with Gasteiger partial charge in [-0.1, -0.05) is 20.8 Å². The lowest BCUT2D eigenvalue weighted by molar-refractivity contribution is 0.125. The van der Waals surface area contributed by atoms with Crippen molar-refractivity contribution >= 4 is 11.0 Å². The van der Waals surface area contributed by atoms with Gasteiger partial charge in [0.25, 0.3) is 0 Å². The van der Waals surface area contributed by atoms with Crippen LogP contribution in [0.5, 0.6) is 0 Å². The second-order valence-electron chi connectivity index (χ2n) is 6.35. The Labute approximate surface area is 113 Å². The molecule has 0 aliphatic rings. The lowest BCUT2D eigenvalue weighted by Crippen LogP contribution is -2.08. The highest BCUT2D eigenvalue weighted by Gasteiger charge is 2.21. The number of fused-ring (bicyclic) bond motifs is 1. The van der Waals surface area contributed by atoms with Gasteiger partial charge in [-0.05, 0) is 43.4 Å². The van der Waals surface area contributed by atoms with Gasteiger partial charge in [-0.3, -0.25) is 0 Å². The molecule has 104 valence electrons. The van der Waals surface area contributed by atoms with E-state index < -0.39 is 6.10 Å². The van der Waals surface area contributed by atoms with E-state index in [0.717, 1.165) is 17.4 Å². The Morgan fingerprint density at radius 1 is 1.32 bits per heavy atom. The van der Waals surface area contributed by atoms with Crippen LogP contribution in [0.2, 0.25) is 0 Å². The van der Waals surface area contributed by atoms with Gasteiger partial charge < -0.3 is 9.52 Å². The topological polar surface area (TPSA) is 33.4 Å². The molecule has 0 saturated heterocycles. The second-order valence-corrected chi connectivity index (χ2v) is 6.35. The fourth-order valence-corrected chi connectivity index (χ4v) is 2.23. The van der Waals surface area contributed by atoms with Gasteiger partial charge in [0.05, 0.1) is 0 Å². The van der Waals surface area contributed by atoms with E-state index in [0.29, 0.717) is 17.8 Å². The fraction of sp³-hybridized carbons (Fsp3) is 0.500. The summed E-state index contributed by atoms with van der Waals surface area (Å²) < 4.78 is 18.9. The SMILES string of the molecule is Cc1c(C(O)CCC(C)(C)C)oc2ccc(F)cc12. The predicted molar refractivity (Wildman–Crippen MR) is 74.6 cm³/mol. The number of halogens is 1. The maximum Gasteiger partial charge on any atom is 0.136 e. The normalized spacial score (nSPS) is 14.0. The first kappa shape index (κ1) is 14.1. The Bertz CT molecular complexity index is 578. The quantitative estimate of drug-likeness (QED) is 0.868. The van der Waals surface area contributed by atoms with Crippen LogP contribution in [0.1, 0.15) is 51.0 Å². The van der Waals surface area contributed by atoms with Gasteiger partial charge in [-0.2, -0.15) is 0 Å². The third-order valence-corrected chi connectivity index (χ3v) is 3.41. The zero-order chi connectivity index (χ0) is 14.2. The van der Waals surface area contributed by atoms with Crippen molar-refractivity contribution in [3.05, 3.63) is 35.3 Å². The summed E-state index contributed by atoms with van der Waals surface area (Å²) in [7, 11) is 0. The molecule has 1 aromatic carbocycles. The van der Waals surface area contributed by atoms with Crippen LogP contribution in [0.25, 0.3) is 11.0 Å². The van der Waals surface area contributed by atoms with Crippen molar-refractivity contribution in [1.29, 1.82) is 0 Å². The van der Waals surface area contributed by atoms with E-state index in [1.54, 1.807) is 6.07 Å². The molecule has 2 nitrogen and oxygen atoms in total. The standard InChI is InChI=1S/C16H21FO2/c1-10-12-9-11(17)5-6-14(12)19-15(10)13(18)7-8-16(2,3)4/h5-6,9,13,18H,7-8H2,1-4H3. The number of hydrogen-bond donors (Lipinski definition) is 1. The van der Waals surface area contributed by atoms with Gasteiger partial charge in [0.15, 0.2) is 0 Å². The average Bonchev–Trinajstić information content (AvgIpc) is 2.63. The van der Waals surface area contributed by atoms with E-state index in [1.807, 2.05) is 6.92 Å². The molecule has 0 spiro atoms. The van der Waals surface area contributed by atoms with Crippen molar-refractivity contribution in [3.63, 3.8) is 0 Å². The Morgan fingerprint density at radius 3 is 2.63 bits per heavy atom. The van der Waals surface area contributed by atoms with Crippen molar-refractivity contribution in [2.45, 2.75) is 46.6 Å². The highest BCUT2D eigenvalue weighted by molar-refractivity contribution is 5.82. The van der Waals surface area contributed by atoms with Gasteiger partial charge in [-0.25, -0.2) is 4.39 Å². The number of aliphatic hydroxyl groups excluding tert-OH is 1. The first-order valence-electron chi connectivity index (χ1n) is 6.64. The lowest BCUT2D eigenvalue weighted by atomic mass is 9.88. The number of hydrogen-bond acceptors (Lipinski definition) is 2. The maximum atomic E-state index is 13.2. The van der Waals surface area contributed by atoms with Gasteiger partial charge in [0, 0.05) is 10.9 Å². The monoisotopic (exact) mass is 264 g/mol. The molecule has 0 bridgehead atoms. The van der Waals surface area contributed by atoms with Crippen LogP contribution in [0.3, 0.4) is 0 Å². The molecular formula is C16H21FO2. The first-order chi connectivity index (χ1) is 8.78. The molecule has 1 N–H and O–H groups in total. The summed E-state index contributed by atoms with van der Waals surface area (Å²) in [5.41, 5.74) is 1.63. The van der Waals surface area contributed by atoms with Crippen LogP contribution >= 0.6 is 0 Å². The zero-order valence-corrected chi connectivity index (χ0v) is 12.0. The highest BCUT2D eigenvalue weighted by Crippen LogP contribution is 2.34. The van der Waals surface area contributed by atoms with Crippen molar-refractivity contribution in [1.82, 2.24) is 0 Å². The summed E-state index contributed by atoms with van der Waals surface area (Å²) in [5, 5.41) is 11.0. The van der Waals surface area contributed by atoms with Gasteiger partial charge in [0.2, 0.25) is 0 Å². The predicted octanol–water partition coefficient (Wildman–Crippen LogP) is 4.74. The van der Waals surface area contributed by atoms with E-state index in [9.17, 15) is 9.50 Å². The number of rotatable bonds is 3. The molecular weight excluding hydrogens is 243 g/mol. The molecule has 19 heavy (non-hydrogen) atoms. The zero-order valence-electron chi connectivity index (χ0n) is 12.0. The number of benzene rings is 1. The number of aryl methyl sites for hydroxylation is 1. The van der Waals surface area contributed by atoms with Crippen molar-refractivity contribution in [2.24, 2.45) is 5.41 Å². The molecule has 1 atom stereocenters. The minimum atomic E-state index is -0.630. The van der Waals surface area contributed by atoms with E-state index in [2.05, 4.69) is 20.8 Å². The fourth-order valence-electron chi connectivity index (χ4n) is 2.23. The van der Waals surface area contributed by atoms with Crippen LogP contribution in [-0.2, 0) is 0 Å². The summed E-state index contributed by atoms with van der Waals surface area (Å²) in [5.74, 6) is 0.275. The Kier molecular flexibility index (Phi) is 3.68. The minimum absolute atomic E-state index is 0.174. The lowest BCUT2D eigenvalue weighted by Gasteiger charge is -2.19. The molecule has 1 heterocycles. The van der Waals surface area contributed by atoms with E-state index in [-0.39, 0.29) is 11.2 Å². The third-order valence-electron chi connectivity index (χ3n) is 3.41. The van der Waals surface area contributed by atoms with Gasteiger partial charge >= 0.3 is 0 Å². The average molecular weight is 264 g/mol. The minimum Gasteiger partial charge on any atom is -0.458 e. The Balaban J connectivity index is 2.27. The summed E-state index contributed by atoms with van der Waals surface area (Å²) in [6.45, 7) is 8.28. The molecule has 0 amide bonds. The maximum absolute atomic E-state index is 13.2. The number of furan rings is 1. The Hall–Kier alpha value is -1.35. The van der Waals surface area contributed by atoms with E-state index in [4.69, 9.17) is 4.42 Å². The molecule has 0 radical (unpaired) electrons. The molecule has 0 fully saturated rings. The molecule has 2 rings (SSSR count). The molecule has 3 heteroatoms. The summed E-state index contributed by atoms with van der Waals surface area (Å²) in [4.78, 5) is 0. The first-order valence-corrected chi connectivity index (χ1v) is 6.64. The highest BCUT2D eigenvalue weighted by atomic mass is 19.1. The summed E-state index contributed by atoms with van der Waals surface area (Å²) in [6.07, 6.45) is 0.917. The van der Waals surface area contributed by atoms with Crippen LogP contribution in [0, 0.1) is 18.2 Å². The molecule has 1 aromatic heterocycles. The van der Waals surface area contributed by atoms with Gasteiger partial charge in [0.1, 0.15) is 23.3 Å². The van der Waals surface area contributed by atoms with Crippen LogP contribution in [0.15, 0.2) is 22.6 Å². The number of aliphatic hydroxyl groups is 1. The van der Waals surface area contributed by atoms with E-state index in [1.165, 1.54) is 12.1 Å². The Morgan fingerprint density at radius 2 is 2.00 bits per heavy atom. The third kappa shape index (κ3) is 3.16. The molecule has 2 aromatic rings. The van der Waals surface area contributed by atoms with Gasteiger partial charge in [-0.15, -0.1) is 0 Å². The smallest absolute Gasteiger partial charge is 0.136 e. The van der Waals surface area contributed by atoms with Crippen LogP contribution in [-0.4, -0.2) is 5.11 Å². The van der Waals surface area contributed by atoms with Crippen LogP contribution in [0.4, 0.5) is 4.39 Å². The molecule has 0 aliphatic heterocycles.